The minimum absolute atomic E-state index is 0.136. The molecule has 8 nitrogen and oxygen atoms in total. The molecule has 1 amide bonds. The highest BCUT2D eigenvalue weighted by Crippen LogP contribution is 2.29. The lowest BCUT2D eigenvalue weighted by atomic mass is 9.98. The third-order valence-electron chi connectivity index (χ3n) is 5.84. The lowest BCUT2D eigenvalue weighted by Crippen LogP contribution is -2.48. The summed E-state index contributed by atoms with van der Waals surface area (Å²) < 4.78 is 1.44. The molecule has 2 unspecified atom stereocenters. The predicted molar refractivity (Wildman–Crippen MR) is 102 cm³/mol. The Labute approximate surface area is 156 Å². The number of H-pyrrole nitrogens is 1. The van der Waals surface area contributed by atoms with Crippen molar-refractivity contribution < 1.29 is 4.79 Å². The van der Waals surface area contributed by atoms with Crippen molar-refractivity contribution >= 4 is 16.9 Å². The van der Waals surface area contributed by atoms with Crippen LogP contribution in [-0.2, 0) is 6.54 Å². The van der Waals surface area contributed by atoms with Crippen LogP contribution in [0.5, 0.6) is 0 Å². The van der Waals surface area contributed by atoms with Gasteiger partial charge in [-0.15, -0.1) is 0 Å². The molecule has 2 atom stereocenters. The van der Waals surface area contributed by atoms with E-state index in [1.165, 1.54) is 23.6 Å². The Kier molecular flexibility index (Phi) is 4.59. The Morgan fingerprint density at radius 3 is 2.67 bits per heavy atom. The van der Waals surface area contributed by atoms with Gasteiger partial charge in [-0.05, 0) is 38.2 Å². The van der Waals surface area contributed by atoms with Crippen molar-refractivity contribution in [2.45, 2.75) is 63.7 Å². The molecule has 0 aromatic carbocycles. The van der Waals surface area contributed by atoms with Crippen LogP contribution in [0.4, 0.5) is 0 Å². The maximum Gasteiger partial charge on any atom is 0.329 e. The van der Waals surface area contributed by atoms with Crippen LogP contribution in [0.2, 0.25) is 0 Å². The number of nitrogens with zero attached hydrogens (tertiary/aromatic N) is 3. The summed E-state index contributed by atoms with van der Waals surface area (Å²) in [6, 6.07) is 2.73. The van der Waals surface area contributed by atoms with E-state index in [4.69, 9.17) is 0 Å². The zero-order chi connectivity index (χ0) is 19.1. The maximum absolute atomic E-state index is 13.0. The molecule has 144 valence electrons. The predicted octanol–water partition coefficient (Wildman–Crippen LogP) is 0.850. The molecular formula is C19H25N5O3. The highest BCUT2D eigenvalue weighted by atomic mass is 16.2. The number of aromatic amines is 1. The normalized spacial score (nSPS) is 24.3. The van der Waals surface area contributed by atoms with E-state index >= 15 is 0 Å². The number of piperidine rings is 1. The second-order valence-electron chi connectivity index (χ2n) is 7.69. The van der Waals surface area contributed by atoms with E-state index in [0.717, 1.165) is 19.3 Å². The number of aromatic nitrogens is 3. The summed E-state index contributed by atoms with van der Waals surface area (Å²) in [5, 5.41) is 3.85. The lowest BCUT2D eigenvalue weighted by molar-refractivity contribution is 0.0681. The highest BCUT2D eigenvalue weighted by molar-refractivity contribution is 5.96. The molecule has 8 heteroatoms. The number of hydrogen-bond acceptors (Lipinski definition) is 5. The van der Waals surface area contributed by atoms with Gasteiger partial charge in [0.25, 0.3) is 11.5 Å². The fraction of sp³-hybridized carbons (Fsp3) is 0.579. The van der Waals surface area contributed by atoms with Crippen molar-refractivity contribution in [3.05, 3.63) is 38.7 Å². The van der Waals surface area contributed by atoms with E-state index in [2.05, 4.69) is 15.3 Å². The molecule has 2 aromatic rings. The van der Waals surface area contributed by atoms with Gasteiger partial charge < -0.3 is 10.2 Å². The molecule has 0 saturated carbocycles. The summed E-state index contributed by atoms with van der Waals surface area (Å²) in [5.74, 6) is -0.136. The summed E-state index contributed by atoms with van der Waals surface area (Å²) >= 11 is 0. The van der Waals surface area contributed by atoms with Gasteiger partial charge >= 0.3 is 5.69 Å². The monoisotopic (exact) mass is 371 g/mol. The average molecular weight is 371 g/mol. The van der Waals surface area contributed by atoms with Crippen LogP contribution in [-0.4, -0.2) is 50.5 Å². The Morgan fingerprint density at radius 1 is 1.30 bits per heavy atom. The third-order valence-corrected chi connectivity index (χ3v) is 5.84. The van der Waals surface area contributed by atoms with Gasteiger partial charge in [0.05, 0.1) is 10.9 Å². The molecular weight excluding hydrogens is 346 g/mol. The Balaban J connectivity index is 1.66. The third kappa shape index (κ3) is 3.18. The number of fused-ring (bicyclic) bond motifs is 3. The van der Waals surface area contributed by atoms with E-state index in [-0.39, 0.29) is 17.3 Å². The summed E-state index contributed by atoms with van der Waals surface area (Å²) in [4.78, 5) is 45.7. The van der Waals surface area contributed by atoms with Crippen LogP contribution in [0, 0.1) is 0 Å². The fourth-order valence-corrected chi connectivity index (χ4v) is 4.43. The number of rotatable bonds is 4. The quantitative estimate of drug-likeness (QED) is 0.830. The molecule has 27 heavy (non-hydrogen) atoms. The summed E-state index contributed by atoms with van der Waals surface area (Å²) in [7, 11) is 1.82. The molecule has 0 aliphatic carbocycles. The van der Waals surface area contributed by atoms with Crippen LogP contribution in [0.15, 0.2) is 21.9 Å². The van der Waals surface area contributed by atoms with Gasteiger partial charge in [-0.2, -0.15) is 0 Å². The van der Waals surface area contributed by atoms with Crippen molar-refractivity contribution in [1.29, 1.82) is 0 Å². The molecule has 4 rings (SSSR count). The largest absolute Gasteiger partial charge is 0.339 e. The first-order valence-electron chi connectivity index (χ1n) is 9.64. The number of carbonyl (C=O) groups is 1. The standard InChI is InChI=1S/C19H25N5O3/c1-3-6-24-16-15(17(25)22-19(24)27)7-11(10-20-16)18(26)23(2)14-8-12-4-5-13(9-14)21-12/h7,10,12-14,21H,3-6,8-9H2,1-2H3,(H,22,25,27). The van der Waals surface area contributed by atoms with Gasteiger partial charge in [0.15, 0.2) is 0 Å². The molecule has 2 fully saturated rings. The number of aryl methyl sites for hydroxylation is 1. The Bertz CT molecular complexity index is 983. The van der Waals surface area contributed by atoms with Crippen molar-refractivity contribution in [3.8, 4) is 0 Å². The first-order chi connectivity index (χ1) is 13.0. The highest BCUT2D eigenvalue weighted by Gasteiger charge is 2.36. The molecule has 4 heterocycles. The van der Waals surface area contributed by atoms with E-state index in [0.29, 0.717) is 29.8 Å². The number of pyridine rings is 1. The van der Waals surface area contributed by atoms with E-state index in [1.807, 2.05) is 14.0 Å². The Morgan fingerprint density at radius 2 is 2.00 bits per heavy atom. The summed E-state index contributed by atoms with van der Waals surface area (Å²) in [6.45, 7) is 2.41. The van der Waals surface area contributed by atoms with Gasteiger partial charge in [-0.3, -0.25) is 19.1 Å². The van der Waals surface area contributed by atoms with Gasteiger partial charge in [0.2, 0.25) is 0 Å². The molecule has 2 bridgehead atoms. The van der Waals surface area contributed by atoms with Gasteiger partial charge in [-0.25, -0.2) is 9.78 Å². The molecule has 2 N–H and O–H groups in total. The molecule has 0 spiro atoms. The summed E-state index contributed by atoms with van der Waals surface area (Å²) in [5.41, 5.74) is -0.275. The van der Waals surface area contributed by atoms with Crippen molar-refractivity contribution in [2.75, 3.05) is 7.05 Å². The van der Waals surface area contributed by atoms with Gasteiger partial charge in [-0.1, -0.05) is 6.92 Å². The zero-order valence-corrected chi connectivity index (χ0v) is 15.7. The molecule has 2 aliphatic heterocycles. The Hall–Kier alpha value is -2.48. The second kappa shape index (κ2) is 6.92. The molecule has 2 saturated heterocycles. The molecule has 2 aliphatic rings. The minimum Gasteiger partial charge on any atom is -0.339 e. The topological polar surface area (TPSA) is 100 Å². The number of hydrogen-bond donors (Lipinski definition) is 2. The van der Waals surface area contributed by atoms with Gasteiger partial charge in [0.1, 0.15) is 5.65 Å². The van der Waals surface area contributed by atoms with Crippen LogP contribution in [0.25, 0.3) is 11.0 Å². The zero-order valence-electron chi connectivity index (χ0n) is 15.7. The molecule has 2 aromatic heterocycles. The van der Waals surface area contributed by atoms with Crippen molar-refractivity contribution in [1.82, 2.24) is 24.8 Å². The molecule has 0 radical (unpaired) electrons. The van der Waals surface area contributed by atoms with Crippen LogP contribution >= 0.6 is 0 Å². The average Bonchev–Trinajstić information content (AvgIpc) is 3.01. The van der Waals surface area contributed by atoms with E-state index in [9.17, 15) is 14.4 Å². The lowest BCUT2D eigenvalue weighted by Gasteiger charge is -2.35. The maximum atomic E-state index is 13.0. The van der Waals surface area contributed by atoms with Crippen molar-refractivity contribution in [3.63, 3.8) is 0 Å². The smallest absolute Gasteiger partial charge is 0.329 e. The number of carbonyl (C=O) groups excluding carboxylic acids is 1. The second-order valence-corrected chi connectivity index (χ2v) is 7.69. The first-order valence-corrected chi connectivity index (χ1v) is 9.64. The van der Waals surface area contributed by atoms with E-state index < -0.39 is 11.2 Å². The van der Waals surface area contributed by atoms with Gasteiger partial charge in [0, 0.05) is 37.9 Å². The van der Waals surface area contributed by atoms with Crippen LogP contribution < -0.4 is 16.6 Å². The van der Waals surface area contributed by atoms with Crippen molar-refractivity contribution in [2.24, 2.45) is 0 Å². The summed E-state index contributed by atoms with van der Waals surface area (Å²) in [6.07, 6.45) is 6.47. The minimum atomic E-state index is -0.507. The SMILES string of the molecule is CCCn1c(=O)[nH]c(=O)c2cc(C(=O)N(C)C3CC4CCC(C3)N4)cnc21. The van der Waals surface area contributed by atoms with E-state index in [1.54, 1.807) is 11.0 Å². The first kappa shape index (κ1) is 17.9. The number of nitrogens with one attached hydrogen (secondary N) is 2. The van der Waals surface area contributed by atoms with Crippen LogP contribution in [0.1, 0.15) is 49.4 Å². The van der Waals surface area contributed by atoms with Crippen LogP contribution in [0.3, 0.4) is 0 Å². The number of amides is 1. The fourth-order valence-electron chi connectivity index (χ4n) is 4.43.